The maximum absolute atomic E-state index is 15.2. The van der Waals surface area contributed by atoms with Gasteiger partial charge in [-0.2, -0.15) is 14.9 Å². The number of Topliss-reactive ketones (excluding diaryl/α,β-unsaturated/α-hetero) is 1. The van der Waals surface area contributed by atoms with Crippen molar-refractivity contribution in [1.82, 2.24) is 25.0 Å². The van der Waals surface area contributed by atoms with Gasteiger partial charge in [-0.05, 0) is 48.0 Å². The van der Waals surface area contributed by atoms with Crippen molar-refractivity contribution >= 4 is 22.6 Å². The van der Waals surface area contributed by atoms with Crippen LogP contribution >= 0.6 is 0 Å². The van der Waals surface area contributed by atoms with Crippen molar-refractivity contribution in [2.24, 2.45) is 0 Å². The largest absolute Gasteiger partial charge is 0.453 e. The normalized spacial score (nSPS) is 11.3. The Morgan fingerprint density at radius 3 is 2.48 bits per heavy atom. The summed E-state index contributed by atoms with van der Waals surface area (Å²) in [5.41, 5.74) is 0.267. The third kappa shape index (κ3) is 6.16. The van der Waals surface area contributed by atoms with E-state index in [1.165, 1.54) is 60.9 Å². The van der Waals surface area contributed by atoms with Crippen molar-refractivity contribution in [2.45, 2.75) is 12.5 Å². The van der Waals surface area contributed by atoms with Crippen LogP contribution < -0.4 is 15.6 Å². The molecule has 42 heavy (non-hydrogen) atoms. The number of fused-ring (bicyclic) bond motifs is 1. The van der Waals surface area contributed by atoms with Crippen molar-refractivity contribution in [1.29, 1.82) is 0 Å². The molecule has 0 bridgehead atoms. The Labute approximate surface area is 238 Å². The first-order valence-electron chi connectivity index (χ1n) is 12.8. The van der Waals surface area contributed by atoms with Crippen LogP contribution in [0, 0.1) is 11.6 Å². The third-order valence-corrected chi connectivity index (χ3v) is 6.30. The lowest BCUT2D eigenvalue weighted by atomic mass is 10.0. The van der Waals surface area contributed by atoms with Gasteiger partial charge in [-0.3, -0.25) is 14.7 Å². The molecule has 0 saturated heterocycles. The molecule has 0 aliphatic heterocycles. The van der Waals surface area contributed by atoms with Crippen LogP contribution in [-0.2, 0) is 15.9 Å². The Hall–Kier alpha value is -5.01. The standard InChI is InChI=1S/C29H26F2N6O5/c1-40-15-19(16-41-2)34-28-26-25(10-11-32-27(26)35-36-28)42-24-8-3-17(13-22(24)31)14-23(38)21-9-12-33-37(29(21)39)20-6-4-18(30)5-7-20/h3-13,19H,14-16H2,1-2H3,(H2,32,34,35,36). The quantitative estimate of drug-likeness (QED) is 0.211. The maximum atomic E-state index is 15.2. The van der Waals surface area contributed by atoms with Crippen LogP contribution in [-0.4, -0.2) is 64.2 Å². The first-order chi connectivity index (χ1) is 20.4. The van der Waals surface area contributed by atoms with Gasteiger partial charge in [0.2, 0.25) is 0 Å². The summed E-state index contributed by atoms with van der Waals surface area (Å²) in [6.07, 6.45) is 2.56. The first kappa shape index (κ1) is 28.5. The lowest BCUT2D eigenvalue weighted by molar-refractivity contribution is 0.0990. The van der Waals surface area contributed by atoms with Crippen LogP contribution in [0.4, 0.5) is 14.6 Å². The van der Waals surface area contributed by atoms with Gasteiger partial charge in [0.15, 0.2) is 28.8 Å². The highest BCUT2D eigenvalue weighted by Crippen LogP contribution is 2.34. The minimum Gasteiger partial charge on any atom is -0.453 e. The van der Waals surface area contributed by atoms with Gasteiger partial charge in [-0.15, -0.1) is 0 Å². The topological polar surface area (TPSA) is 133 Å². The molecule has 2 aromatic carbocycles. The van der Waals surface area contributed by atoms with E-state index in [9.17, 15) is 14.0 Å². The Balaban J connectivity index is 1.35. The van der Waals surface area contributed by atoms with E-state index in [0.29, 0.717) is 47.1 Å². The smallest absolute Gasteiger partial charge is 0.282 e. The summed E-state index contributed by atoms with van der Waals surface area (Å²) < 4.78 is 45.8. The van der Waals surface area contributed by atoms with Gasteiger partial charge < -0.3 is 19.5 Å². The summed E-state index contributed by atoms with van der Waals surface area (Å²) in [4.78, 5) is 30.2. The van der Waals surface area contributed by atoms with Crippen molar-refractivity contribution in [3.63, 3.8) is 0 Å². The summed E-state index contributed by atoms with van der Waals surface area (Å²) in [5, 5.41) is 14.8. The molecule has 0 amide bonds. The molecule has 0 fully saturated rings. The van der Waals surface area contributed by atoms with Crippen LogP contribution in [0.3, 0.4) is 0 Å². The second-order valence-electron chi connectivity index (χ2n) is 9.26. The number of carbonyl (C=O) groups is 1. The van der Waals surface area contributed by atoms with Crippen molar-refractivity contribution in [2.75, 3.05) is 32.8 Å². The molecule has 13 heteroatoms. The second-order valence-corrected chi connectivity index (χ2v) is 9.26. The molecule has 3 heterocycles. The molecule has 0 radical (unpaired) electrons. The predicted molar refractivity (Wildman–Crippen MR) is 149 cm³/mol. The number of anilines is 1. The number of ether oxygens (including phenoxy) is 3. The van der Waals surface area contributed by atoms with Crippen molar-refractivity contribution in [3.05, 3.63) is 100 Å². The Morgan fingerprint density at radius 2 is 1.76 bits per heavy atom. The molecular formula is C29H26F2N6O5. The van der Waals surface area contributed by atoms with Gasteiger partial charge in [-0.1, -0.05) is 6.07 Å². The van der Waals surface area contributed by atoms with Crippen LogP contribution in [0.15, 0.2) is 71.8 Å². The molecule has 0 aliphatic rings. The number of halogens is 2. The fourth-order valence-corrected chi connectivity index (χ4v) is 4.37. The molecule has 0 unspecified atom stereocenters. The Bertz CT molecular complexity index is 1770. The van der Waals surface area contributed by atoms with E-state index >= 15 is 4.39 Å². The highest BCUT2D eigenvalue weighted by atomic mass is 19.1. The number of aromatic amines is 1. The number of H-pyrrole nitrogens is 1. The van der Waals surface area contributed by atoms with Crippen LogP contribution in [0.2, 0.25) is 0 Å². The second kappa shape index (κ2) is 12.7. The van der Waals surface area contributed by atoms with E-state index in [1.54, 1.807) is 20.3 Å². The summed E-state index contributed by atoms with van der Waals surface area (Å²) in [6.45, 7) is 0.708. The van der Waals surface area contributed by atoms with Gasteiger partial charge in [0, 0.05) is 39.1 Å². The van der Waals surface area contributed by atoms with E-state index in [2.05, 4.69) is 25.6 Å². The van der Waals surface area contributed by atoms with E-state index in [0.717, 1.165) is 4.68 Å². The minimum absolute atomic E-state index is 0.0845. The van der Waals surface area contributed by atoms with E-state index in [4.69, 9.17) is 14.2 Å². The van der Waals surface area contributed by atoms with Gasteiger partial charge >= 0.3 is 0 Å². The predicted octanol–water partition coefficient (Wildman–Crippen LogP) is 4.07. The average Bonchev–Trinajstić information content (AvgIpc) is 3.39. The van der Waals surface area contributed by atoms with E-state index in [1.807, 2.05) is 0 Å². The molecule has 0 spiro atoms. The average molecular weight is 577 g/mol. The number of aromatic nitrogens is 5. The number of nitrogens with one attached hydrogen (secondary N) is 2. The maximum Gasteiger partial charge on any atom is 0.282 e. The number of rotatable bonds is 12. The van der Waals surface area contributed by atoms with Crippen LogP contribution in [0.5, 0.6) is 11.5 Å². The molecule has 0 atom stereocenters. The Kier molecular flexibility index (Phi) is 8.60. The fraction of sp³-hybridized carbons (Fsp3) is 0.207. The summed E-state index contributed by atoms with van der Waals surface area (Å²) >= 11 is 0. The monoisotopic (exact) mass is 576 g/mol. The van der Waals surface area contributed by atoms with Gasteiger partial charge in [0.25, 0.3) is 5.56 Å². The minimum atomic E-state index is -0.710. The molecule has 5 rings (SSSR count). The van der Waals surface area contributed by atoms with Crippen LogP contribution in [0.25, 0.3) is 16.7 Å². The zero-order valence-electron chi connectivity index (χ0n) is 22.6. The number of methoxy groups -OCH3 is 2. The highest BCUT2D eigenvalue weighted by molar-refractivity contribution is 5.97. The first-order valence-corrected chi connectivity index (χ1v) is 12.8. The van der Waals surface area contributed by atoms with Gasteiger partial charge in [-0.25, -0.2) is 13.8 Å². The fourth-order valence-electron chi connectivity index (χ4n) is 4.37. The van der Waals surface area contributed by atoms with Crippen molar-refractivity contribution in [3.8, 4) is 17.2 Å². The summed E-state index contributed by atoms with van der Waals surface area (Å²) in [7, 11) is 3.15. The molecule has 2 N–H and O–H groups in total. The molecular weight excluding hydrogens is 550 g/mol. The molecule has 0 saturated carbocycles. The number of benzene rings is 2. The highest BCUT2D eigenvalue weighted by Gasteiger charge is 2.19. The number of pyridine rings is 1. The SMILES string of the molecule is COCC(COC)Nc1n[nH]c2nccc(Oc3ccc(CC(=O)c4ccnn(-c5ccc(F)cc5)c4=O)cc3F)c12. The number of ketones is 1. The Morgan fingerprint density at radius 1 is 1.00 bits per heavy atom. The third-order valence-electron chi connectivity index (χ3n) is 6.30. The molecule has 11 nitrogen and oxygen atoms in total. The molecule has 0 aliphatic carbocycles. The van der Waals surface area contributed by atoms with E-state index < -0.39 is 23.0 Å². The zero-order valence-corrected chi connectivity index (χ0v) is 22.6. The molecule has 5 aromatic rings. The lowest BCUT2D eigenvalue weighted by Crippen LogP contribution is -2.30. The van der Waals surface area contributed by atoms with Gasteiger partial charge in [0.05, 0.1) is 30.5 Å². The van der Waals surface area contributed by atoms with Crippen molar-refractivity contribution < 1.29 is 27.8 Å². The number of hydrogen-bond acceptors (Lipinski definition) is 9. The number of nitrogens with zero attached hydrogens (tertiary/aromatic N) is 4. The lowest BCUT2D eigenvalue weighted by Gasteiger charge is -2.17. The summed E-state index contributed by atoms with van der Waals surface area (Å²) in [5.74, 6) is -1.07. The zero-order chi connectivity index (χ0) is 29.6. The van der Waals surface area contributed by atoms with Gasteiger partial charge in [0.1, 0.15) is 17.0 Å². The number of carbonyl (C=O) groups excluding carboxylic acids is 1. The number of hydrogen-bond donors (Lipinski definition) is 2. The molecule has 216 valence electrons. The molecule has 3 aromatic heterocycles. The van der Waals surface area contributed by atoms with Crippen LogP contribution in [0.1, 0.15) is 15.9 Å². The van der Waals surface area contributed by atoms with E-state index in [-0.39, 0.29) is 23.8 Å². The summed E-state index contributed by atoms with van der Waals surface area (Å²) in [6, 6.07) is 11.9.